The van der Waals surface area contributed by atoms with Crippen molar-refractivity contribution in [3.63, 3.8) is 0 Å². The van der Waals surface area contributed by atoms with E-state index in [0.29, 0.717) is 5.56 Å². The monoisotopic (exact) mass is 427 g/mol. The molecule has 160 valence electrons. The van der Waals surface area contributed by atoms with Crippen LogP contribution >= 0.6 is 0 Å². The number of hydrogen-bond acceptors (Lipinski definition) is 3. The first-order valence-electron chi connectivity index (χ1n) is 9.09. The zero-order chi connectivity index (χ0) is 21.7. The average molecular weight is 427 g/mol. The Balaban J connectivity index is 1.78. The van der Waals surface area contributed by atoms with Gasteiger partial charge in [0.25, 0.3) is 0 Å². The van der Waals surface area contributed by atoms with E-state index in [1.807, 2.05) is 0 Å². The third-order valence-corrected chi connectivity index (χ3v) is 4.40. The van der Waals surface area contributed by atoms with Crippen LogP contribution in [0.25, 0.3) is 6.08 Å². The first-order chi connectivity index (χ1) is 14.3. The van der Waals surface area contributed by atoms with Crippen molar-refractivity contribution in [2.45, 2.75) is 38.7 Å². The van der Waals surface area contributed by atoms with Crippen LogP contribution in [0.15, 0.2) is 48.5 Å². The molecule has 1 aliphatic rings. The molecule has 0 unspecified atom stereocenters. The van der Waals surface area contributed by atoms with E-state index >= 15 is 0 Å². The molecule has 2 aromatic carbocycles. The molecule has 0 aromatic heterocycles. The summed E-state index contributed by atoms with van der Waals surface area (Å²) in [5, 5.41) is 0. The van der Waals surface area contributed by atoms with Crippen molar-refractivity contribution >= 4 is 12.0 Å². The second-order valence-corrected chi connectivity index (χ2v) is 6.58. The quantitative estimate of drug-likeness (QED) is 0.406. The summed E-state index contributed by atoms with van der Waals surface area (Å²) in [6, 6.07) is 9.33. The van der Waals surface area contributed by atoms with Gasteiger partial charge in [0.05, 0.1) is 0 Å². The highest BCUT2D eigenvalue weighted by Gasteiger charge is 2.32. The third-order valence-electron chi connectivity index (χ3n) is 4.40. The van der Waals surface area contributed by atoms with Crippen LogP contribution in [0.5, 0.6) is 11.5 Å². The fraction of sp³-hybridized carbons (Fsp3) is 0.286. The van der Waals surface area contributed by atoms with Crippen molar-refractivity contribution < 1.29 is 36.2 Å². The Morgan fingerprint density at radius 2 is 1.77 bits per heavy atom. The number of alkyl halides is 4. The van der Waals surface area contributed by atoms with Crippen molar-refractivity contribution in [2.24, 2.45) is 0 Å². The molecule has 0 atom stereocenters. The maximum Gasteiger partial charge on any atom is 0.387 e. The van der Waals surface area contributed by atoms with Crippen LogP contribution in [-0.2, 0) is 11.3 Å². The molecule has 0 saturated heterocycles. The fourth-order valence-electron chi connectivity index (χ4n) is 2.87. The Bertz CT molecular complexity index is 915. The van der Waals surface area contributed by atoms with E-state index < -0.39 is 30.7 Å². The minimum absolute atomic E-state index is 0.0274. The zero-order valence-corrected chi connectivity index (χ0v) is 15.6. The average Bonchev–Trinajstić information content (AvgIpc) is 3.50. The van der Waals surface area contributed by atoms with Crippen molar-refractivity contribution in [1.82, 2.24) is 4.90 Å². The van der Waals surface area contributed by atoms with Crippen molar-refractivity contribution in [1.29, 1.82) is 0 Å². The van der Waals surface area contributed by atoms with Crippen LogP contribution in [0.2, 0.25) is 0 Å². The Kier molecular flexibility index (Phi) is 6.91. The Labute approximate surface area is 169 Å². The van der Waals surface area contributed by atoms with Crippen molar-refractivity contribution in [3.8, 4) is 11.5 Å². The highest BCUT2D eigenvalue weighted by Crippen LogP contribution is 2.31. The minimum Gasteiger partial charge on any atom is -0.435 e. The predicted molar refractivity (Wildman–Crippen MR) is 98.7 cm³/mol. The van der Waals surface area contributed by atoms with Gasteiger partial charge in [-0.15, -0.1) is 0 Å². The number of carbonyl (C=O) groups excluding carboxylic acids is 1. The molecule has 1 amide bonds. The van der Waals surface area contributed by atoms with Gasteiger partial charge in [-0.3, -0.25) is 4.79 Å². The summed E-state index contributed by atoms with van der Waals surface area (Å²) in [5.74, 6) is -1.64. The number of hydrogen-bond donors (Lipinski definition) is 0. The molecule has 30 heavy (non-hydrogen) atoms. The molecule has 0 spiro atoms. The second-order valence-electron chi connectivity index (χ2n) is 6.58. The van der Waals surface area contributed by atoms with E-state index in [9.17, 15) is 26.7 Å². The maximum absolute atomic E-state index is 13.9. The first kappa shape index (κ1) is 21.6. The van der Waals surface area contributed by atoms with Crippen LogP contribution in [0, 0.1) is 5.82 Å². The van der Waals surface area contributed by atoms with Crippen molar-refractivity contribution in [3.05, 3.63) is 65.5 Å². The normalized spacial score (nSPS) is 13.8. The third kappa shape index (κ3) is 5.95. The number of carbonyl (C=O) groups is 1. The number of rotatable bonds is 9. The van der Waals surface area contributed by atoms with E-state index in [4.69, 9.17) is 0 Å². The predicted octanol–water partition coefficient (Wildman–Crippen LogP) is 5.23. The summed E-state index contributed by atoms with van der Waals surface area (Å²) in [6.45, 7) is -6.25. The summed E-state index contributed by atoms with van der Waals surface area (Å²) in [4.78, 5) is 14.2. The number of amides is 1. The number of nitrogens with zero attached hydrogens (tertiary/aromatic N) is 1. The molecule has 3 rings (SSSR count). The Hall–Kier alpha value is -3.10. The molecule has 9 heteroatoms. The molecule has 0 N–H and O–H groups in total. The highest BCUT2D eigenvalue weighted by molar-refractivity contribution is 5.92. The van der Waals surface area contributed by atoms with Gasteiger partial charge in [0, 0.05) is 35.9 Å². The smallest absolute Gasteiger partial charge is 0.387 e. The maximum atomic E-state index is 13.9. The van der Waals surface area contributed by atoms with Gasteiger partial charge in [-0.25, -0.2) is 4.39 Å². The van der Waals surface area contributed by atoms with E-state index in [0.717, 1.165) is 31.1 Å². The van der Waals surface area contributed by atoms with Gasteiger partial charge in [-0.05, 0) is 37.1 Å². The molecule has 1 aliphatic carbocycles. The van der Waals surface area contributed by atoms with Gasteiger partial charge in [0.2, 0.25) is 5.91 Å². The fourth-order valence-corrected chi connectivity index (χ4v) is 2.87. The topological polar surface area (TPSA) is 38.8 Å². The van der Waals surface area contributed by atoms with Gasteiger partial charge in [-0.1, -0.05) is 18.2 Å². The summed E-state index contributed by atoms with van der Waals surface area (Å²) in [7, 11) is 0. The van der Waals surface area contributed by atoms with E-state index in [1.54, 1.807) is 18.2 Å². The van der Waals surface area contributed by atoms with Gasteiger partial charge in [0.1, 0.15) is 17.3 Å². The number of ether oxygens (including phenoxy) is 2. The zero-order valence-electron chi connectivity index (χ0n) is 15.6. The highest BCUT2D eigenvalue weighted by atomic mass is 19.3. The van der Waals surface area contributed by atoms with Gasteiger partial charge in [0.15, 0.2) is 0 Å². The SMILES string of the molecule is O=C(/C=C/c1ccc(OC(F)F)cc1OC(F)F)N(Cc1ccccc1F)C1CC1. The van der Waals surface area contributed by atoms with Crippen molar-refractivity contribution in [2.75, 3.05) is 0 Å². The number of halogens is 5. The molecule has 0 aliphatic heterocycles. The second kappa shape index (κ2) is 9.60. The van der Waals surface area contributed by atoms with Gasteiger partial charge >= 0.3 is 13.2 Å². The molecule has 0 heterocycles. The molecule has 2 aromatic rings. The molecular weight excluding hydrogens is 409 g/mol. The summed E-state index contributed by atoms with van der Waals surface area (Å²) in [6.07, 6.45) is 3.96. The molecular formula is C21H18F5NO3. The van der Waals surface area contributed by atoms with E-state index in [2.05, 4.69) is 9.47 Å². The van der Waals surface area contributed by atoms with Gasteiger partial charge < -0.3 is 14.4 Å². The van der Waals surface area contributed by atoms with Crippen LogP contribution in [0.1, 0.15) is 24.0 Å². The lowest BCUT2D eigenvalue weighted by molar-refractivity contribution is -0.127. The summed E-state index contributed by atoms with van der Waals surface area (Å²) >= 11 is 0. The van der Waals surface area contributed by atoms with Crippen LogP contribution < -0.4 is 9.47 Å². The largest absolute Gasteiger partial charge is 0.435 e. The Morgan fingerprint density at radius 3 is 2.40 bits per heavy atom. The van der Waals surface area contributed by atoms with Gasteiger partial charge in [-0.2, -0.15) is 17.6 Å². The molecule has 0 bridgehead atoms. The van der Waals surface area contributed by atoms with E-state index in [-0.39, 0.29) is 23.9 Å². The number of benzene rings is 2. The molecule has 4 nitrogen and oxygen atoms in total. The standard InChI is InChI=1S/C21H18F5NO3/c22-17-4-2-1-3-14(17)12-27(15-7-8-15)19(28)10-6-13-5-9-16(29-20(23)24)11-18(13)30-21(25)26/h1-6,9-11,15,20-21H,7-8,12H2/b10-6+. The Morgan fingerprint density at radius 1 is 1.07 bits per heavy atom. The lowest BCUT2D eigenvalue weighted by Crippen LogP contribution is -2.31. The lowest BCUT2D eigenvalue weighted by Gasteiger charge is -2.21. The van der Waals surface area contributed by atoms with E-state index in [1.165, 1.54) is 23.1 Å². The van der Waals surface area contributed by atoms with Crippen LogP contribution in [0.3, 0.4) is 0 Å². The molecule has 1 saturated carbocycles. The molecule has 1 fully saturated rings. The minimum atomic E-state index is -3.20. The van der Waals surface area contributed by atoms with Crippen LogP contribution in [-0.4, -0.2) is 30.1 Å². The first-order valence-corrected chi connectivity index (χ1v) is 9.09. The van der Waals surface area contributed by atoms with Crippen LogP contribution in [0.4, 0.5) is 22.0 Å². The summed E-state index contributed by atoms with van der Waals surface area (Å²) < 4.78 is 72.5. The summed E-state index contributed by atoms with van der Waals surface area (Å²) in [5.41, 5.74) is 0.438. The molecule has 0 radical (unpaired) electrons. The lowest BCUT2D eigenvalue weighted by atomic mass is 10.1.